The Morgan fingerprint density at radius 3 is 2.61 bits per heavy atom. The molecular weight excluding hydrogens is 548 g/mol. The van der Waals surface area contributed by atoms with Crippen LogP contribution in [0.5, 0.6) is 0 Å². The number of aryl methyl sites for hydroxylation is 1. The Labute approximate surface area is 242 Å². The number of hydrogen-bond acceptors (Lipinski definition) is 10. The number of azide groups is 1. The Hall–Kier alpha value is -3.55. The highest BCUT2D eigenvalue weighted by Crippen LogP contribution is 2.33. The van der Waals surface area contributed by atoms with Crippen molar-refractivity contribution in [3.05, 3.63) is 45.1 Å². The fraction of sp³-hybridized carbons (Fsp3) is 0.556. The number of fused-ring (bicyclic) bond motifs is 1. The Morgan fingerprint density at radius 2 is 1.95 bits per heavy atom. The highest BCUT2D eigenvalue weighted by molar-refractivity contribution is 7.16. The second-order valence-electron chi connectivity index (χ2n) is 10.6. The van der Waals surface area contributed by atoms with E-state index in [-0.39, 0.29) is 18.9 Å². The van der Waals surface area contributed by atoms with Crippen LogP contribution in [-0.4, -0.2) is 116 Å². The van der Waals surface area contributed by atoms with Crippen LogP contribution >= 0.6 is 11.3 Å². The van der Waals surface area contributed by atoms with Crippen molar-refractivity contribution >= 4 is 34.1 Å². The van der Waals surface area contributed by atoms with Crippen LogP contribution in [0.1, 0.15) is 22.2 Å². The number of nitrogens with one attached hydrogen (secondary N) is 1. The molecule has 218 valence electrons. The minimum Gasteiger partial charge on any atom is -0.379 e. The van der Waals surface area contributed by atoms with E-state index in [9.17, 15) is 14.4 Å². The first-order valence-electron chi connectivity index (χ1n) is 13.6. The number of carbonyl (C=O) groups is 3. The van der Waals surface area contributed by atoms with Gasteiger partial charge in [0, 0.05) is 60.7 Å². The van der Waals surface area contributed by atoms with Gasteiger partial charge in [-0.05, 0) is 38.6 Å². The molecule has 3 saturated heterocycles. The van der Waals surface area contributed by atoms with Crippen molar-refractivity contribution in [2.45, 2.75) is 44.2 Å². The van der Waals surface area contributed by atoms with E-state index in [1.807, 2.05) is 19.1 Å². The van der Waals surface area contributed by atoms with Crippen LogP contribution in [0.2, 0.25) is 0 Å². The van der Waals surface area contributed by atoms with E-state index >= 15 is 0 Å². The van der Waals surface area contributed by atoms with Crippen molar-refractivity contribution < 1.29 is 23.9 Å². The van der Waals surface area contributed by atoms with Crippen LogP contribution in [0.3, 0.4) is 0 Å². The molecule has 1 N–H and O–H groups in total. The quantitative estimate of drug-likeness (QED) is 0.281. The van der Waals surface area contributed by atoms with E-state index in [1.165, 1.54) is 12.0 Å². The molecule has 4 heterocycles. The zero-order valence-corrected chi connectivity index (χ0v) is 24.3. The Bertz CT molecular complexity index is 1350. The molecule has 1 aromatic carbocycles. The minimum atomic E-state index is -1.07. The molecule has 1 aromatic heterocycles. The Balaban J connectivity index is 1.30. The molecule has 2 amide bonds. The third-order valence-corrected chi connectivity index (χ3v) is 9.05. The maximum atomic E-state index is 13.7. The van der Waals surface area contributed by atoms with Crippen molar-refractivity contribution in [2.75, 3.05) is 58.4 Å². The SMILES string of the molecule is COC(C)C(NC(=O)c1ccc(-c2nc(N3CCN(C)CC3)sc2C)cc1)C(=O)N1CC(N=[N+]=[N-])C2OCC(=O)C21. The standard InChI is InChI=1S/C27H34N8O5S/c1-15(39-4)21(26(38)35-13-19(31-32-28)24-23(35)20(36)14-40-24)29-25(37)18-7-5-17(6-8-18)22-16(2)41-27(30-22)34-11-9-33(3)10-12-34/h5-8,15,19,21,23-24H,9-14H2,1-4H3,(H,29,37). The largest absolute Gasteiger partial charge is 0.379 e. The number of methoxy groups -OCH3 is 1. The van der Waals surface area contributed by atoms with Gasteiger partial charge in [-0.25, -0.2) is 4.98 Å². The normalized spacial score (nSPS) is 24.1. The molecule has 5 unspecified atom stereocenters. The Morgan fingerprint density at radius 1 is 1.24 bits per heavy atom. The van der Waals surface area contributed by atoms with Gasteiger partial charge >= 0.3 is 0 Å². The number of ketones is 1. The summed E-state index contributed by atoms with van der Waals surface area (Å²) in [4.78, 5) is 54.2. The van der Waals surface area contributed by atoms with E-state index in [4.69, 9.17) is 20.0 Å². The summed E-state index contributed by atoms with van der Waals surface area (Å²) in [7, 11) is 3.56. The number of carbonyl (C=O) groups excluding carboxylic acids is 3. The van der Waals surface area contributed by atoms with Crippen molar-refractivity contribution in [2.24, 2.45) is 5.11 Å². The topological polar surface area (TPSA) is 153 Å². The highest BCUT2D eigenvalue weighted by Gasteiger charge is 2.53. The summed E-state index contributed by atoms with van der Waals surface area (Å²) >= 11 is 1.67. The molecule has 3 fully saturated rings. The fourth-order valence-electron chi connectivity index (χ4n) is 5.51. The molecule has 3 aliphatic rings. The van der Waals surface area contributed by atoms with E-state index in [0.717, 1.165) is 47.4 Å². The highest BCUT2D eigenvalue weighted by atomic mass is 32.1. The average molecular weight is 583 g/mol. The van der Waals surface area contributed by atoms with Crippen molar-refractivity contribution in [3.8, 4) is 11.3 Å². The number of anilines is 1. The van der Waals surface area contributed by atoms with Crippen LogP contribution in [-0.2, 0) is 19.1 Å². The van der Waals surface area contributed by atoms with E-state index in [2.05, 4.69) is 32.2 Å². The third kappa shape index (κ3) is 5.79. The number of rotatable bonds is 8. The summed E-state index contributed by atoms with van der Waals surface area (Å²) in [5.74, 6) is -1.22. The number of ether oxygens (including phenoxy) is 2. The van der Waals surface area contributed by atoms with Crippen LogP contribution in [0, 0.1) is 6.92 Å². The van der Waals surface area contributed by atoms with Gasteiger partial charge in [0.25, 0.3) is 5.91 Å². The molecule has 2 aromatic rings. The third-order valence-electron chi connectivity index (χ3n) is 8.01. The second-order valence-corrected chi connectivity index (χ2v) is 11.8. The lowest BCUT2D eigenvalue weighted by atomic mass is 10.1. The lowest BCUT2D eigenvalue weighted by molar-refractivity contribution is -0.140. The van der Waals surface area contributed by atoms with E-state index in [0.29, 0.717) is 5.56 Å². The van der Waals surface area contributed by atoms with Gasteiger partial charge in [-0.1, -0.05) is 17.2 Å². The number of likely N-dealkylation sites (tertiary alicyclic amines) is 1. The van der Waals surface area contributed by atoms with E-state index in [1.54, 1.807) is 30.4 Å². The van der Waals surface area contributed by atoms with Crippen LogP contribution in [0.4, 0.5) is 5.13 Å². The molecule has 14 heteroatoms. The van der Waals surface area contributed by atoms with Gasteiger partial charge < -0.3 is 29.5 Å². The minimum absolute atomic E-state index is 0.0184. The molecule has 41 heavy (non-hydrogen) atoms. The van der Waals surface area contributed by atoms with Gasteiger partial charge in [-0.2, -0.15) is 0 Å². The number of amides is 2. The number of Topliss-reactive ketones (excluding diaryl/α,β-unsaturated/α-hetero) is 1. The molecule has 5 rings (SSSR count). The van der Waals surface area contributed by atoms with Crippen LogP contribution in [0.15, 0.2) is 29.4 Å². The number of benzene rings is 1. The van der Waals surface area contributed by atoms with Gasteiger partial charge in [0.05, 0.1) is 23.9 Å². The van der Waals surface area contributed by atoms with Crippen LogP contribution < -0.4 is 10.2 Å². The molecule has 0 spiro atoms. The Kier molecular flexibility index (Phi) is 8.57. The predicted octanol–water partition coefficient (Wildman–Crippen LogP) is 1.86. The van der Waals surface area contributed by atoms with Crippen molar-refractivity contribution in [3.63, 3.8) is 0 Å². The molecule has 0 aliphatic carbocycles. The number of likely N-dealkylation sites (N-methyl/N-ethyl adjacent to an activating group) is 1. The summed E-state index contributed by atoms with van der Waals surface area (Å²) in [6.45, 7) is 7.45. The summed E-state index contributed by atoms with van der Waals surface area (Å²) in [5.41, 5.74) is 11.1. The smallest absolute Gasteiger partial charge is 0.252 e. The zero-order chi connectivity index (χ0) is 29.3. The zero-order valence-electron chi connectivity index (χ0n) is 23.5. The number of nitrogens with zero attached hydrogens (tertiary/aromatic N) is 7. The van der Waals surface area contributed by atoms with Crippen molar-refractivity contribution in [1.82, 2.24) is 20.1 Å². The number of aromatic nitrogens is 1. The fourth-order valence-corrected chi connectivity index (χ4v) is 6.49. The van der Waals surface area contributed by atoms with E-state index < -0.39 is 42.1 Å². The molecular formula is C27H34N8O5S. The number of thiazole rings is 1. The summed E-state index contributed by atoms with van der Waals surface area (Å²) in [5, 5.41) is 7.51. The lowest BCUT2D eigenvalue weighted by Gasteiger charge is -2.32. The summed E-state index contributed by atoms with van der Waals surface area (Å²) < 4.78 is 10.9. The lowest BCUT2D eigenvalue weighted by Crippen LogP contribution is -2.56. The maximum Gasteiger partial charge on any atom is 0.252 e. The van der Waals surface area contributed by atoms with Gasteiger partial charge in [0.15, 0.2) is 10.9 Å². The van der Waals surface area contributed by atoms with Gasteiger partial charge in [-0.15, -0.1) is 11.3 Å². The molecule has 3 aliphatic heterocycles. The predicted molar refractivity (Wildman–Crippen MR) is 153 cm³/mol. The molecule has 0 radical (unpaired) electrons. The van der Waals surface area contributed by atoms with Crippen LogP contribution in [0.25, 0.3) is 21.7 Å². The summed E-state index contributed by atoms with van der Waals surface area (Å²) in [6.07, 6.45) is -1.39. The number of hydrogen-bond donors (Lipinski definition) is 1. The van der Waals surface area contributed by atoms with Gasteiger partial charge in [-0.3, -0.25) is 14.4 Å². The van der Waals surface area contributed by atoms with Crippen molar-refractivity contribution in [1.29, 1.82) is 0 Å². The first-order chi connectivity index (χ1) is 19.7. The first-order valence-corrected chi connectivity index (χ1v) is 14.4. The second kappa shape index (κ2) is 12.1. The molecule has 0 saturated carbocycles. The summed E-state index contributed by atoms with van der Waals surface area (Å²) in [6, 6.07) is 4.49. The van der Waals surface area contributed by atoms with Gasteiger partial charge in [0.1, 0.15) is 18.7 Å². The maximum absolute atomic E-state index is 13.7. The number of piperazine rings is 1. The average Bonchev–Trinajstić information content (AvgIpc) is 3.66. The monoisotopic (exact) mass is 582 g/mol. The molecule has 0 bridgehead atoms. The molecule has 5 atom stereocenters. The van der Waals surface area contributed by atoms with Gasteiger partial charge in [0.2, 0.25) is 5.91 Å². The molecule has 13 nitrogen and oxygen atoms in total. The first kappa shape index (κ1) is 29.0.